The maximum absolute atomic E-state index is 11.8. The van der Waals surface area contributed by atoms with Crippen LogP contribution in [0, 0.1) is 0 Å². The van der Waals surface area contributed by atoms with Crippen LogP contribution in [0.2, 0.25) is 0 Å². The molecule has 0 unspecified atom stereocenters. The average molecular weight is 459 g/mol. The highest BCUT2D eigenvalue weighted by Crippen LogP contribution is 2.14. The number of rotatable bonds is 7. The molecule has 6 nitrogen and oxygen atoms in total. The van der Waals surface area contributed by atoms with Crippen molar-refractivity contribution in [1.29, 1.82) is 0 Å². The fourth-order valence-corrected chi connectivity index (χ4v) is 2.04. The Morgan fingerprint density at radius 3 is 2.48 bits per heavy atom. The minimum atomic E-state index is -0.0316. The van der Waals surface area contributed by atoms with Gasteiger partial charge in [-0.25, -0.2) is 4.99 Å². The van der Waals surface area contributed by atoms with E-state index < -0.39 is 0 Å². The highest BCUT2D eigenvalue weighted by molar-refractivity contribution is 14.0. The van der Waals surface area contributed by atoms with E-state index in [-0.39, 0.29) is 36.4 Å². The molecule has 0 atom stereocenters. The number of anilines is 1. The van der Waals surface area contributed by atoms with Gasteiger partial charge in [0.05, 0.1) is 0 Å². The van der Waals surface area contributed by atoms with Crippen LogP contribution in [0.3, 0.4) is 0 Å². The van der Waals surface area contributed by atoms with Gasteiger partial charge in [-0.1, -0.05) is 18.2 Å². The van der Waals surface area contributed by atoms with E-state index in [2.05, 4.69) is 40.0 Å². The fraction of sp³-hybridized carbons (Fsp3) is 0.444. The van der Waals surface area contributed by atoms with Gasteiger partial charge in [0.25, 0.3) is 0 Å². The van der Waals surface area contributed by atoms with Gasteiger partial charge in [-0.2, -0.15) is 0 Å². The molecule has 1 rings (SSSR count). The Morgan fingerprint density at radius 1 is 1.24 bits per heavy atom. The molecule has 0 heterocycles. The van der Waals surface area contributed by atoms with E-state index in [0.29, 0.717) is 19.0 Å². The van der Waals surface area contributed by atoms with Crippen LogP contribution in [0.4, 0.5) is 5.69 Å². The van der Waals surface area contributed by atoms with Crippen LogP contribution in [0.1, 0.15) is 5.56 Å². The van der Waals surface area contributed by atoms with Crippen LogP contribution in [0.15, 0.2) is 41.9 Å². The lowest BCUT2D eigenvalue weighted by atomic mass is 10.2. The Hall–Kier alpha value is -1.77. The number of hydrogen-bond acceptors (Lipinski definition) is 3. The third-order valence-electron chi connectivity index (χ3n) is 3.48. The zero-order valence-corrected chi connectivity index (χ0v) is 18.2. The molecule has 1 N–H and O–H groups in total. The number of benzene rings is 1. The third kappa shape index (κ3) is 8.24. The van der Waals surface area contributed by atoms with Gasteiger partial charge in [0.15, 0.2) is 5.96 Å². The molecule has 0 fully saturated rings. The minimum absolute atomic E-state index is 0. The van der Waals surface area contributed by atoms with Crippen LogP contribution >= 0.6 is 24.0 Å². The lowest BCUT2D eigenvalue weighted by molar-refractivity contribution is -0.127. The quantitative estimate of drug-likeness (QED) is 0.294. The first kappa shape index (κ1) is 23.2. The average Bonchev–Trinajstić information content (AvgIpc) is 2.54. The van der Waals surface area contributed by atoms with E-state index >= 15 is 0 Å². The zero-order chi connectivity index (χ0) is 18.1. The van der Waals surface area contributed by atoms with E-state index in [0.717, 1.165) is 5.69 Å². The summed E-state index contributed by atoms with van der Waals surface area (Å²) in [5, 5.41) is 3.20. The predicted molar refractivity (Wildman–Crippen MR) is 117 cm³/mol. The Balaban J connectivity index is 0.00000576. The summed E-state index contributed by atoms with van der Waals surface area (Å²) in [4.78, 5) is 21.8. The van der Waals surface area contributed by atoms with Gasteiger partial charge < -0.3 is 20.0 Å². The normalized spacial score (nSPS) is 10.5. The van der Waals surface area contributed by atoms with Crippen molar-refractivity contribution in [1.82, 2.24) is 15.1 Å². The van der Waals surface area contributed by atoms with E-state index in [1.165, 1.54) is 10.5 Å². The number of aliphatic imine (C=N–C) groups is 1. The molecule has 0 aliphatic heterocycles. The number of carbonyl (C=O) groups is 1. The second-order valence-corrected chi connectivity index (χ2v) is 6.02. The topological polar surface area (TPSA) is 51.2 Å². The van der Waals surface area contributed by atoms with Crippen LogP contribution in [-0.4, -0.2) is 70.0 Å². The molecule has 0 aliphatic carbocycles. The van der Waals surface area contributed by atoms with Crippen molar-refractivity contribution < 1.29 is 4.79 Å². The molecule has 0 aromatic heterocycles. The van der Waals surface area contributed by atoms with Gasteiger partial charge in [0.2, 0.25) is 5.91 Å². The molecule has 0 saturated heterocycles. The minimum Gasteiger partial charge on any atom is -0.378 e. The molecule has 1 aromatic carbocycles. The van der Waals surface area contributed by atoms with E-state index in [4.69, 9.17) is 0 Å². The summed E-state index contributed by atoms with van der Waals surface area (Å²) >= 11 is 0. The number of nitrogens with zero attached hydrogens (tertiary/aromatic N) is 4. The molecule has 0 saturated carbocycles. The number of carbonyl (C=O) groups excluding carboxylic acids is 1. The molecule has 1 amide bonds. The molecule has 0 aliphatic rings. The molecule has 140 valence electrons. The summed E-state index contributed by atoms with van der Waals surface area (Å²) in [7, 11) is 9.45. The molecular weight excluding hydrogens is 429 g/mol. The highest BCUT2D eigenvalue weighted by Gasteiger charge is 2.09. The summed E-state index contributed by atoms with van der Waals surface area (Å²) in [6, 6.07) is 8.35. The molecule has 0 bridgehead atoms. The molecular formula is C18H30IN5O. The van der Waals surface area contributed by atoms with Crippen LogP contribution in [0.5, 0.6) is 0 Å². The van der Waals surface area contributed by atoms with Crippen LogP contribution in [-0.2, 0) is 11.3 Å². The number of likely N-dealkylation sites (N-methyl/N-ethyl adjacent to an activating group) is 1. The number of guanidine groups is 1. The maximum atomic E-state index is 11.8. The number of halogens is 1. The van der Waals surface area contributed by atoms with E-state index in [9.17, 15) is 4.79 Å². The maximum Gasteiger partial charge on any atom is 0.243 e. The second-order valence-electron chi connectivity index (χ2n) is 6.02. The number of hydrogen-bond donors (Lipinski definition) is 1. The second kappa shape index (κ2) is 11.7. The molecule has 0 radical (unpaired) electrons. The number of nitrogens with one attached hydrogen (secondary N) is 1. The monoisotopic (exact) mass is 459 g/mol. The Labute approximate surface area is 168 Å². The summed E-state index contributed by atoms with van der Waals surface area (Å²) in [5.41, 5.74) is 2.33. The standard InChI is InChI=1S/C18H29N5O.HI/c1-7-11-19-18(20-13-17(24)22(4)5)23(6)14-15-9-8-10-16(12-15)21(2)3;/h7-10,12H,1,11,13-14H2,2-6H3,(H,19,20);1H. The summed E-state index contributed by atoms with van der Waals surface area (Å²) in [5.74, 6) is 0.649. The first-order valence-corrected chi connectivity index (χ1v) is 7.92. The Morgan fingerprint density at radius 2 is 1.92 bits per heavy atom. The highest BCUT2D eigenvalue weighted by atomic mass is 127. The largest absolute Gasteiger partial charge is 0.378 e. The molecule has 1 aromatic rings. The molecule has 0 spiro atoms. The van der Waals surface area contributed by atoms with Gasteiger partial charge in [-0.3, -0.25) is 4.79 Å². The van der Waals surface area contributed by atoms with Crippen LogP contribution < -0.4 is 10.2 Å². The van der Waals surface area contributed by atoms with Crippen molar-refractivity contribution in [2.24, 2.45) is 4.99 Å². The van der Waals surface area contributed by atoms with Crippen molar-refractivity contribution in [2.75, 3.05) is 53.2 Å². The van der Waals surface area contributed by atoms with Gasteiger partial charge >= 0.3 is 0 Å². The van der Waals surface area contributed by atoms with Gasteiger partial charge in [-0.05, 0) is 17.7 Å². The van der Waals surface area contributed by atoms with Gasteiger partial charge in [0, 0.05) is 54.0 Å². The van der Waals surface area contributed by atoms with E-state index in [1.807, 2.05) is 32.1 Å². The zero-order valence-electron chi connectivity index (χ0n) is 15.8. The van der Waals surface area contributed by atoms with Crippen molar-refractivity contribution in [3.63, 3.8) is 0 Å². The Kier molecular flexibility index (Phi) is 10.9. The first-order valence-electron chi connectivity index (χ1n) is 7.92. The van der Waals surface area contributed by atoms with Crippen molar-refractivity contribution >= 4 is 41.5 Å². The van der Waals surface area contributed by atoms with Crippen molar-refractivity contribution in [3.8, 4) is 0 Å². The lowest BCUT2D eigenvalue weighted by Crippen LogP contribution is -2.39. The first-order chi connectivity index (χ1) is 11.3. The van der Waals surface area contributed by atoms with Crippen LogP contribution in [0.25, 0.3) is 0 Å². The predicted octanol–water partition coefficient (Wildman–Crippen LogP) is 2.02. The fourth-order valence-electron chi connectivity index (χ4n) is 2.04. The number of amides is 1. The third-order valence-corrected chi connectivity index (χ3v) is 3.48. The Bertz CT molecular complexity index is 587. The summed E-state index contributed by atoms with van der Waals surface area (Å²) < 4.78 is 0. The van der Waals surface area contributed by atoms with Gasteiger partial charge in [-0.15, -0.1) is 30.6 Å². The smallest absolute Gasteiger partial charge is 0.243 e. The van der Waals surface area contributed by atoms with Crippen molar-refractivity contribution in [2.45, 2.75) is 6.54 Å². The summed E-state index contributed by atoms with van der Waals surface area (Å²) in [6.45, 7) is 5.12. The van der Waals surface area contributed by atoms with E-state index in [1.54, 1.807) is 20.2 Å². The van der Waals surface area contributed by atoms with Crippen molar-refractivity contribution in [3.05, 3.63) is 42.5 Å². The summed E-state index contributed by atoms with van der Waals surface area (Å²) in [6.07, 6.45) is 1.77. The molecule has 25 heavy (non-hydrogen) atoms. The SMILES string of the molecule is C=CCNC(=NCC(=O)N(C)C)N(C)Cc1cccc(N(C)C)c1.I. The lowest BCUT2D eigenvalue weighted by Gasteiger charge is -2.23. The van der Waals surface area contributed by atoms with Gasteiger partial charge in [0.1, 0.15) is 6.54 Å². The molecule has 7 heteroatoms.